The molecule has 94 heavy (non-hydrogen) atoms. The van der Waals surface area contributed by atoms with E-state index < -0.39 is 0 Å². The fourth-order valence-corrected chi connectivity index (χ4v) is 16.8. The van der Waals surface area contributed by atoms with Crippen molar-refractivity contribution in [3.05, 3.63) is 300 Å². The Kier molecular flexibility index (Phi) is 13.8. The van der Waals surface area contributed by atoms with E-state index in [2.05, 4.69) is 300 Å². The van der Waals surface area contributed by atoms with Crippen LogP contribution < -0.4 is 9.80 Å². The van der Waals surface area contributed by atoms with Gasteiger partial charge >= 0.3 is 0 Å². The zero-order chi connectivity index (χ0) is 62.4. The molecule has 0 fully saturated rings. The van der Waals surface area contributed by atoms with Crippen LogP contribution in [-0.2, 0) is 38.5 Å². The molecular weight excluding hydrogens is 1140 g/mol. The third-order valence-corrected chi connectivity index (χ3v) is 21.1. The Bertz CT molecular complexity index is 5230. The van der Waals surface area contributed by atoms with Crippen molar-refractivity contribution in [3.63, 3.8) is 0 Å². The van der Waals surface area contributed by atoms with E-state index in [0.29, 0.717) is 0 Å². The third kappa shape index (κ3) is 9.16. The van der Waals surface area contributed by atoms with Crippen molar-refractivity contribution in [3.8, 4) is 33.6 Å². The molecule has 18 rings (SSSR count). The van der Waals surface area contributed by atoms with E-state index in [1.54, 1.807) is 0 Å². The maximum absolute atomic E-state index is 2.69. The van der Waals surface area contributed by atoms with Gasteiger partial charge in [-0.15, -0.1) is 0 Å². The summed E-state index contributed by atoms with van der Waals surface area (Å²) < 4.78 is 5.00. The van der Waals surface area contributed by atoms with Crippen LogP contribution in [0.15, 0.2) is 267 Å². The SMILES string of the molecule is CCCc1cc(N(c2ccc3c4ccccc4n(-c4ccc(-c5ccccc5)cc4)c3c2)c2cccc3c2CCCC3)c2ccc3c(CCC)cc(N(c4ccc5c6ccccc6n(-c6ccc(-c7ccccc7)cc6)c5c4)c4cccc5c4CCCC5)c4ccc1c2c34. The van der Waals surface area contributed by atoms with Gasteiger partial charge in [-0.25, -0.2) is 0 Å². The van der Waals surface area contributed by atoms with Crippen LogP contribution in [0.2, 0.25) is 0 Å². The molecule has 0 spiro atoms. The zero-order valence-corrected chi connectivity index (χ0v) is 53.7. The summed E-state index contributed by atoms with van der Waals surface area (Å²) in [4.78, 5) is 5.38. The highest BCUT2D eigenvalue weighted by molar-refractivity contribution is 6.30. The Balaban J connectivity index is 0.888. The molecule has 0 saturated carbocycles. The van der Waals surface area contributed by atoms with E-state index >= 15 is 0 Å². The summed E-state index contributed by atoms with van der Waals surface area (Å²) >= 11 is 0. The number of aromatic nitrogens is 2. The largest absolute Gasteiger partial charge is 0.309 e. The maximum atomic E-state index is 2.69. The van der Waals surface area contributed by atoms with Gasteiger partial charge in [-0.05, 0) is 226 Å². The predicted molar refractivity (Wildman–Crippen MR) is 400 cm³/mol. The smallest absolute Gasteiger partial charge is 0.0561 e. The first kappa shape index (κ1) is 56.1. The average molecular weight is 1210 g/mol. The van der Waals surface area contributed by atoms with Gasteiger partial charge in [0.2, 0.25) is 0 Å². The minimum absolute atomic E-state index is 0.966. The fourth-order valence-electron chi connectivity index (χ4n) is 16.8. The number of hydrogen-bond acceptors (Lipinski definition) is 2. The molecule has 0 amide bonds. The van der Waals surface area contributed by atoms with Gasteiger partial charge in [0.15, 0.2) is 0 Å². The van der Waals surface area contributed by atoms with Gasteiger partial charge in [0.1, 0.15) is 0 Å². The molecule has 4 nitrogen and oxygen atoms in total. The van der Waals surface area contributed by atoms with E-state index in [1.165, 1.54) is 191 Å². The first-order valence-corrected chi connectivity index (χ1v) is 34.5. The van der Waals surface area contributed by atoms with Crippen LogP contribution in [0.1, 0.15) is 85.8 Å². The topological polar surface area (TPSA) is 16.3 Å². The molecule has 14 aromatic carbocycles. The Morgan fingerprint density at radius 2 is 0.660 bits per heavy atom. The second kappa shape index (κ2) is 23.2. The quantitative estimate of drug-likeness (QED) is 0.101. The van der Waals surface area contributed by atoms with Crippen molar-refractivity contribution in [1.82, 2.24) is 9.13 Å². The Morgan fingerprint density at radius 1 is 0.287 bits per heavy atom. The summed E-state index contributed by atoms with van der Waals surface area (Å²) in [7, 11) is 0. The number of para-hydroxylation sites is 2. The number of rotatable bonds is 14. The molecular formula is C90H74N4. The normalized spacial score (nSPS) is 13.3. The van der Waals surface area contributed by atoms with Crippen molar-refractivity contribution in [2.45, 2.75) is 90.9 Å². The summed E-state index contributed by atoms with van der Waals surface area (Å²) in [5.41, 5.74) is 28.1. The van der Waals surface area contributed by atoms with Crippen LogP contribution >= 0.6 is 0 Å². The van der Waals surface area contributed by atoms with E-state index in [9.17, 15) is 0 Å². The number of benzene rings is 14. The fraction of sp³-hybridized carbons (Fsp3) is 0.156. The molecule has 0 bridgehead atoms. The number of fused-ring (bicyclic) bond motifs is 8. The van der Waals surface area contributed by atoms with Crippen molar-refractivity contribution < 1.29 is 0 Å². The molecule has 0 aliphatic heterocycles. The number of nitrogens with zero attached hydrogens (tertiary/aromatic N) is 4. The average Bonchev–Trinajstić information content (AvgIpc) is 0.827. The van der Waals surface area contributed by atoms with Gasteiger partial charge in [0.05, 0.1) is 33.4 Å². The predicted octanol–water partition coefficient (Wildman–Crippen LogP) is 24.7. The number of hydrogen-bond donors (Lipinski definition) is 0. The summed E-state index contributed by atoms with van der Waals surface area (Å²) in [5.74, 6) is 0. The number of aryl methyl sites for hydroxylation is 4. The lowest BCUT2D eigenvalue weighted by molar-refractivity contribution is 0.686. The number of anilines is 6. The molecule has 2 aliphatic carbocycles. The third-order valence-electron chi connectivity index (χ3n) is 21.1. The molecule has 2 aliphatic rings. The molecule has 0 atom stereocenters. The Morgan fingerprint density at radius 3 is 1.10 bits per heavy atom. The molecule has 0 N–H and O–H groups in total. The van der Waals surface area contributed by atoms with Gasteiger partial charge < -0.3 is 18.9 Å². The Hall–Kier alpha value is -10.7. The van der Waals surface area contributed by atoms with Gasteiger partial charge in [-0.1, -0.05) is 209 Å². The Labute approximate surface area is 550 Å². The minimum Gasteiger partial charge on any atom is -0.309 e. The molecule has 4 heteroatoms. The van der Waals surface area contributed by atoms with E-state index in [-0.39, 0.29) is 0 Å². The van der Waals surface area contributed by atoms with Crippen LogP contribution in [-0.4, -0.2) is 9.13 Å². The molecule has 2 heterocycles. The standard InChI is InChI=1S/C90H74N4/c1-3-21-65-55-85(93(81-37-19-29-63-27-11-13-31-71(63)81)69-47-49-77-75-33-15-17-35-83(75)91(87(77)57-69)67-43-39-61(40-44-67)59-23-7-5-8-24-59)79-54-52-74-66(22-4-2)56-86(80-53-51-73(65)89(79)90(74)80)94(82-38-20-30-64-28-12-14-32-72(64)82)70-48-50-78-76-34-16-18-36-84(76)92(88(78)58-70)68-45-41-62(42-46-68)60-25-9-6-10-26-60/h5-10,15-20,23-26,29-30,33-58H,3-4,11-14,21-22,27-28,31-32H2,1-2H3. The highest BCUT2D eigenvalue weighted by Gasteiger charge is 2.30. The van der Waals surface area contributed by atoms with Gasteiger partial charge in [0, 0.05) is 66.4 Å². The first-order valence-electron chi connectivity index (χ1n) is 34.5. The molecule has 0 saturated heterocycles. The van der Waals surface area contributed by atoms with Crippen molar-refractivity contribution in [2.75, 3.05) is 9.80 Å². The second-order valence-corrected chi connectivity index (χ2v) is 26.5. The molecule has 2 aromatic heterocycles. The first-order chi connectivity index (χ1) is 46.6. The van der Waals surface area contributed by atoms with Gasteiger partial charge in [-0.3, -0.25) is 0 Å². The van der Waals surface area contributed by atoms with E-state index in [4.69, 9.17) is 0 Å². The lowest BCUT2D eigenvalue weighted by Crippen LogP contribution is -2.17. The zero-order valence-electron chi connectivity index (χ0n) is 53.7. The van der Waals surface area contributed by atoms with Crippen LogP contribution in [0.5, 0.6) is 0 Å². The minimum atomic E-state index is 0.966. The maximum Gasteiger partial charge on any atom is 0.0561 e. The lowest BCUT2D eigenvalue weighted by Gasteiger charge is -2.33. The summed E-state index contributed by atoms with van der Waals surface area (Å²) in [5, 5.41) is 13.0. The summed E-state index contributed by atoms with van der Waals surface area (Å²) in [6, 6.07) is 102. The molecule has 16 aromatic rings. The van der Waals surface area contributed by atoms with Crippen LogP contribution in [0, 0.1) is 0 Å². The summed E-state index contributed by atoms with van der Waals surface area (Å²) in [6.07, 6.45) is 13.1. The van der Waals surface area contributed by atoms with Gasteiger partial charge in [-0.2, -0.15) is 0 Å². The van der Waals surface area contributed by atoms with Crippen LogP contribution in [0.25, 0.3) is 110 Å². The summed E-state index contributed by atoms with van der Waals surface area (Å²) in [6.45, 7) is 4.71. The molecule has 0 radical (unpaired) electrons. The van der Waals surface area contributed by atoms with E-state index in [1.807, 2.05) is 0 Å². The molecule has 0 unspecified atom stereocenters. The van der Waals surface area contributed by atoms with Crippen molar-refractivity contribution in [2.24, 2.45) is 0 Å². The van der Waals surface area contributed by atoms with Gasteiger partial charge in [0.25, 0.3) is 0 Å². The highest BCUT2D eigenvalue weighted by atomic mass is 15.2. The van der Waals surface area contributed by atoms with Crippen LogP contribution in [0.3, 0.4) is 0 Å². The van der Waals surface area contributed by atoms with Crippen molar-refractivity contribution in [1.29, 1.82) is 0 Å². The van der Waals surface area contributed by atoms with Crippen LogP contribution in [0.4, 0.5) is 34.1 Å². The van der Waals surface area contributed by atoms with E-state index in [0.717, 1.165) is 62.7 Å². The monoisotopic (exact) mass is 1210 g/mol. The second-order valence-electron chi connectivity index (χ2n) is 26.5. The van der Waals surface area contributed by atoms with Crippen molar-refractivity contribution >= 4 is 110 Å². The lowest BCUT2D eigenvalue weighted by atomic mass is 9.85. The molecule has 454 valence electrons. The highest BCUT2D eigenvalue weighted by Crippen LogP contribution is 2.53.